The number of amides is 3. The van der Waals surface area contributed by atoms with Crippen molar-refractivity contribution in [2.75, 3.05) is 31.8 Å². The first-order chi connectivity index (χ1) is 27.1. The summed E-state index contributed by atoms with van der Waals surface area (Å²) in [6, 6.07) is 21.7. The topological polar surface area (TPSA) is 135 Å². The fourth-order valence-electron chi connectivity index (χ4n) is 9.09. The summed E-state index contributed by atoms with van der Waals surface area (Å²) in [7, 11) is 1.50. The Kier molecular flexibility index (Phi) is 12.9. The molecule has 3 fully saturated rings. The summed E-state index contributed by atoms with van der Waals surface area (Å²) in [5.74, 6) is -3.84. The molecule has 3 aromatic rings. The lowest BCUT2D eigenvalue weighted by Gasteiger charge is -2.40. The number of carbonyl (C=O) groups is 4. The van der Waals surface area contributed by atoms with Gasteiger partial charge in [0.15, 0.2) is 0 Å². The minimum absolute atomic E-state index is 0.0447. The third-order valence-electron chi connectivity index (χ3n) is 11.5. The molecule has 2 bridgehead atoms. The van der Waals surface area contributed by atoms with E-state index in [1.165, 1.54) is 12.0 Å². The molecule has 8 atom stereocenters. The van der Waals surface area contributed by atoms with Crippen molar-refractivity contribution in [1.82, 2.24) is 10.2 Å². The molecular weight excluding hydrogens is 711 g/mol. The highest BCUT2D eigenvalue weighted by atomic mass is 16.6. The number of aliphatic hydroxyl groups excluding tert-OH is 1. The van der Waals surface area contributed by atoms with E-state index >= 15 is 9.59 Å². The summed E-state index contributed by atoms with van der Waals surface area (Å²) in [6.07, 6.45) is 3.37. The van der Waals surface area contributed by atoms with Gasteiger partial charge in [-0.2, -0.15) is 0 Å². The van der Waals surface area contributed by atoms with Crippen LogP contribution in [-0.2, 0) is 39.8 Å². The maximum atomic E-state index is 15.3. The van der Waals surface area contributed by atoms with Gasteiger partial charge in [0.1, 0.15) is 17.7 Å². The smallest absolute Gasteiger partial charge is 0.313 e. The monoisotopic (exact) mass is 763 g/mol. The standard InChI is InChI=1S/C45H53N3O8/c1-6-8-22-36(50)46-34(28-54-5)40(32-20-13-10-14-21-32)55-44(53)37-35-23-24-45(56-35)38(37)42(51)48(33(27-49)26-31-18-11-9-12-19-31)41(45)43(52)47(25-7-2)39-29(3)16-15-17-30(39)4/h6-7,9-21,33-35,37-38,40-41,49H,1-2,8,22-28H2,3-5H3,(H,46,50)/t33-,34+,35+,37-,38-,40+,41+,45-/m1/s1. The number of aryl methyl sites for hydroxylation is 2. The second-order valence-electron chi connectivity index (χ2n) is 15.0. The molecule has 0 aromatic heterocycles. The number of nitrogens with zero attached hydrogens (tertiary/aromatic N) is 2. The highest BCUT2D eigenvalue weighted by Crippen LogP contribution is 2.59. The van der Waals surface area contributed by atoms with Crippen LogP contribution in [0.4, 0.5) is 5.69 Å². The van der Waals surface area contributed by atoms with E-state index in [1.807, 2.05) is 92.7 Å². The predicted octanol–water partition coefficient (Wildman–Crippen LogP) is 5.18. The summed E-state index contributed by atoms with van der Waals surface area (Å²) < 4.78 is 18.7. The molecule has 11 nitrogen and oxygen atoms in total. The second-order valence-corrected chi connectivity index (χ2v) is 15.0. The summed E-state index contributed by atoms with van der Waals surface area (Å²) >= 11 is 0. The largest absolute Gasteiger partial charge is 0.455 e. The molecular formula is C45H53N3O8. The molecule has 0 saturated carbocycles. The summed E-state index contributed by atoms with van der Waals surface area (Å²) in [5.41, 5.74) is 2.61. The van der Waals surface area contributed by atoms with Crippen molar-refractivity contribution in [3.8, 4) is 0 Å². The van der Waals surface area contributed by atoms with Crippen LogP contribution in [0.5, 0.6) is 0 Å². The van der Waals surface area contributed by atoms with Crippen molar-refractivity contribution >= 4 is 29.4 Å². The van der Waals surface area contributed by atoms with E-state index in [2.05, 4.69) is 18.5 Å². The van der Waals surface area contributed by atoms with Crippen LogP contribution in [0.2, 0.25) is 0 Å². The van der Waals surface area contributed by atoms with Crippen LogP contribution in [0, 0.1) is 25.7 Å². The molecule has 6 rings (SSSR count). The average Bonchev–Trinajstić information content (AvgIpc) is 3.85. The molecule has 11 heteroatoms. The number of esters is 1. The Morgan fingerprint density at radius 2 is 1.70 bits per heavy atom. The highest BCUT2D eigenvalue weighted by Gasteiger charge is 2.76. The molecule has 3 aliphatic rings. The minimum atomic E-state index is -1.37. The fraction of sp³-hybridized carbons (Fsp3) is 0.422. The van der Waals surface area contributed by atoms with E-state index in [0.717, 1.165) is 16.7 Å². The first-order valence-corrected chi connectivity index (χ1v) is 19.4. The van der Waals surface area contributed by atoms with Crippen LogP contribution in [0.25, 0.3) is 0 Å². The van der Waals surface area contributed by atoms with Gasteiger partial charge in [0.2, 0.25) is 11.8 Å². The van der Waals surface area contributed by atoms with Crippen LogP contribution in [-0.4, -0.2) is 90.4 Å². The number of nitrogens with one attached hydrogen (secondary N) is 1. The Balaban J connectivity index is 1.41. The van der Waals surface area contributed by atoms with Crippen LogP contribution in [0.1, 0.15) is 54.0 Å². The van der Waals surface area contributed by atoms with E-state index in [4.69, 9.17) is 14.2 Å². The van der Waals surface area contributed by atoms with Gasteiger partial charge in [0, 0.05) is 25.8 Å². The fourth-order valence-corrected chi connectivity index (χ4v) is 9.09. The number of hydrogen-bond donors (Lipinski definition) is 2. The van der Waals surface area contributed by atoms with E-state index in [9.17, 15) is 14.7 Å². The van der Waals surface area contributed by atoms with E-state index in [0.29, 0.717) is 30.5 Å². The van der Waals surface area contributed by atoms with Gasteiger partial charge in [-0.15, -0.1) is 13.2 Å². The second kappa shape index (κ2) is 17.8. The minimum Gasteiger partial charge on any atom is -0.455 e. The molecule has 3 saturated heterocycles. The molecule has 2 N–H and O–H groups in total. The molecule has 0 radical (unpaired) electrons. The number of allylic oxidation sites excluding steroid dienone is 1. The molecule has 3 amide bonds. The van der Waals surface area contributed by atoms with Crippen LogP contribution < -0.4 is 10.2 Å². The normalized spacial score (nSPS) is 23.9. The van der Waals surface area contributed by atoms with E-state index in [1.54, 1.807) is 17.1 Å². The maximum absolute atomic E-state index is 15.3. The third kappa shape index (κ3) is 7.80. The Morgan fingerprint density at radius 1 is 1.02 bits per heavy atom. The maximum Gasteiger partial charge on any atom is 0.313 e. The van der Waals surface area contributed by atoms with Gasteiger partial charge < -0.3 is 34.4 Å². The van der Waals surface area contributed by atoms with Gasteiger partial charge in [0.25, 0.3) is 5.91 Å². The van der Waals surface area contributed by atoms with Crippen molar-refractivity contribution in [2.45, 2.75) is 81.9 Å². The Morgan fingerprint density at radius 3 is 2.32 bits per heavy atom. The van der Waals surface area contributed by atoms with Gasteiger partial charge in [-0.3, -0.25) is 19.2 Å². The predicted molar refractivity (Wildman–Crippen MR) is 212 cm³/mol. The number of fused-ring (bicyclic) bond motifs is 1. The molecule has 3 aliphatic heterocycles. The lowest BCUT2D eigenvalue weighted by atomic mass is 9.70. The molecule has 296 valence electrons. The molecule has 1 spiro atoms. The zero-order chi connectivity index (χ0) is 40.0. The number of benzene rings is 3. The van der Waals surface area contributed by atoms with Crippen molar-refractivity contribution in [2.24, 2.45) is 11.8 Å². The zero-order valence-electron chi connectivity index (χ0n) is 32.5. The summed E-state index contributed by atoms with van der Waals surface area (Å²) in [4.78, 5) is 61.3. The van der Waals surface area contributed by atoms with Crippen LogP contribution in [0.3, 0.4) is 0 Å². The van der Waals surface area contributed by atoms with Crippen LogP contribution >= 0.6 is 0 Å². The van der Waals surface area contributed by atoms with E-state index < -0.39 is 66.3 Å². The number of rotatable bonds is 18. The first-order valence-electron chi connectivity index (χ1n) is 19.4. The van der Waals surface area contributed by atoms with Crippen molar-refractivity contribution in [3.05, 3.63) is 126 Å². The number of para-hydroxylation sites is 1. The van der Waals surface area contributed by atoms with Gasteiger partial charge in [-0.1, -0.05) is 91.0 Å². The number of aliphatic hydroxyl groups is 1. The number of carbonyl (C=O) groups excluding carboxylic acids is 4. The highest BCUT2D eigenvalue weighted by molar-refractivity contribution is 6.05. The number of methoxy groups -OCH3 is 1. The molecule has 0 unspecified atom stereocenters. The van der Waals surface area contributed by atoms with Gasteiger partial charge in [-0.25, -0.2) is 0 Å². The van der Waals surface area contributed by atoms with Crippen molar-refractivity contribution in [1.29, 1.82) is 0 Å². The number of ether oxygens (including phenoxy) is 3. The van der Waals surface area contributed by atoms with Gasteiger partial charge >= 0.3 is 5.97 Å². The first kappa shape index (κ1) is 40.6. The van der Waals surface area contributed by atoms with E-state index in [-0.39, 0.29) is 37.8 Å². The van der Waals surface area contributed by atoms with Crippen molar-refractivity contribution in [3.63, 3.8) is 0 Å². The Bertz CT molecular complexity index is 1880. The van der Waals surface area contributed by atoms with Gasteiger partial charge in [-0.05, 0) is 61.8 Å². The van der Waals surface area contributed by atoms with Crippen molar-refractivity contribution < 1.29 is 38.5 Å². The summed E-state index contributed by atoms with van der Waals surface area (Å²) in [6.45, 7) is 11.3. The quantitative estimate of drug-likeness (QED) is 0.134. The lowest BCUT2D eigenvalue weighted by Crippen LogP contribution is -2.59. The lowest BCUT2D eigenvalue weighted by molar-refractivity contribution is -0.163. The molecule has 3 aromatic carbocycles. The Labute approximate surface area is 329 Å². The zero-order valence-corrected chi connectivity index (χ0v) is 32.5. The SMILES string of the molecule is C=CCCC(=O)N[C@@H](COC)[C@@H](OC(=O)[C@@H]1[C@@H]2CC[C@]3(O2)[C@H](C(=O)N(CC=C)c2c(C)cccc2C)N([C@@H](CO)Cc2ccccc2)C(=O)[C@@H]13)c1ccccc1. The number of likely N-dealkylation sites (tertiary alicyclic amines) is 1. The van der Waals surface area contributed by atoms with Gasteiger partial charge in [0.05, 0.1) is 43.2 Å². The number of hydrogen-bond acceptors (Lipinski definition) is 8. The third-order valence-corrected chi connectivity index (χ3v) is 11.5. The summed E-state index contributed by atoms with van der Waals surface area (Å²) in [5, 5.41) is 14.0. The average molecular weight is 764 g/mol. The number of anilines is 1. The molecule has 56 heavy (non-hydrogen) atoms. The Hall–Kier alpha value is -5.10. The molecule has 0 aliphatic carbocycles. The van der Waals surface area contributed by atoms with Crippen LogP contribution in [0.15, 0.2) is 104 Å². The molecule has 3 heterocycles.